The minimum atomic E-state index is -0.507. The molecule has 2 rings (SSSR count). The number of aryl methyl sites for hydroxylation is 1. The topological polar surface area (TPSA) is 63.1 Å². The Bertz CT molecular complexity index is 501. The van der Waals surface area contributed by atoms with Gasteiger partial charge in [-0.15, -0.1) is 0 Å². The molecule has 1 saturated heterocycles. The maximum absolute atomic E-state index is 12.2. The molecule has 1 aliphatic rings. The van der Waals surface area contributed by atoms with Crippen LogP contribution in [0.4, 0.5) is 5.69 Å². The van der Waals surface area contributed by atoms with E-state index >= 15 is 0 Å². The largest absolute Gasteiger partial charge is 0.323 e. The predicted octanol–water partition coefficient (Wildman–Crippen LogP) is 0.856. The van der Waals surface area contributed by atoms with Gasteiger partial charge in [0.25, 0.3) is 0 Å². The lowest BCUT2D eigenvalue weighted by Crippen LogP contribution is -2.54. The molecular formula is C13H19N3O2. The molecular weight excluding hydrogens is 230 g/mol. The molecule has 0 saturated carbocycles. The Labute approximate surface area is 106 Å². The monoisotopic (exact) mass is 249 g/mol. The number of hydrogen-bond acceptors (Lipinski definition) is 3. The fraction of sp³-hybridized carbons (Fsp3) is 0.538. The van der Waals surface area contributed by atoms with Gasteiger partial charge in [-0.25, -0.2) is 0 Å². The molecule has 2 N–H and O–H groups in total. The Morgan fingerprint density at radius 2 is 2.22 bits per heavy atom. The number of rotatable bonds is 2. The van der Waals surface area contributed by atoms with E-state index < -0.39 is 5.54 Å². The average molecular weight is 249 g/mol. The van der Waals surface area contributed by atoms with Crippen LogP contribution >= 0.6 is 0 Å². The number of hydrogen-bond donors (Lipinski definition) is 2. The first kappa shape index (κ1) is 12.8. The first-order chi connectivity index (χ1) is 8.51. The van der Waals surface area contributed by atoms with Crippen molar-refractivity contribution in [3.8, 4) is 0 Å². The molecule has 1 atom stereocenters. The lowest BCUT2D eigenvalue weighted by molar-refractivity contribution is -0.122. The van der Waals surface area contributed by atoms with Crippen LogP contribution in [-0.4, -0.2) is 22.6 Å². The minimum Gasteiger partial charge on any atom is -0.323 e. The Hall–Kier alpha value is -1.62. The number of carbonyl (C=O) groups excluding carboxylic acids is 1. The molecule has 0 aliphatic carbocycles. The van der Waals surface area contributed by atoms with Gasteiger partial charge < -0.3 is 15.2 Å². The molecule has 0 radical (unpaired) electrons. The van der Waals surface area contributed by atoms with Crippen LogP contribution in [-0.2, 0) is 11.8 Å². The lowest BCUT2D eigenvalue weighted by atomic mass is 9.90. The number of nitrogens with zero attached hydrogens (tertiary/aromatic N) is 1. The van der Waals surface area contributed by atoms with Gasteiger partial charge in [-0.1, -0.05) is 0 Å². The maximum Gasteiger partial charge on any atom is 0.250 e. The van der Waals surface area contributed by atoms with Crippen LogP contribution in [0.2, 0.25) is 0 Å². The summed E-state index contributed by atoms with van der Waals surface area (Å²) >= 11 is 0. The molecule has 5 heteroatoms. The molecule has 1 aromatic heterocycles. The number of pyridine rings is 1. The second-order valence-corrected chi connectivity index (χ2v) is 5.04. The van der Waals surface area contributed by atoms with E-state index in [4.69, 9.17) is 0 Å². The van der Waals surface area contributed by atoms with Crippen LogP contribution in [0.1, 0.15) is 26.2 Å². The third-order valence-corrected chi connectivity index (χ3v) is 3.46. The highest BCUT2D eigenvalue weighted by atomic mass is 16.2. The standard InChI is InChI=1S/C13H19N3O2/c1-13(7-3-4-8-14-13)12(18)15-10-5-6-11(17)16(2)9-10/h5-6,9,14H,3-4,7-8H2,1-2H3,(H,15,18). The van der Waals surface area contributed by atoms with Gasteiger partial charge in [-0.2, -0.15) is 0 Å². The highest BCUT2D eigenvalue weighted by molar-refractivity contribution is 5.97. The third-order valence-electron chi connectivity index (χ3n) is 3.46. The van der Waals surface area contributed by atoms with E-state index in [0.717, 1.165) is 25.8 Å². The highest BCUT2D eigenvalue weighted by Crippen LogP contribution is 2.20. The second kappa shape index (κ2) is 4.94. The van der Waals surface area contributed by atoms with Crippen LogP contribution in [0.15, 0.2) is 23.1 Å². The van der Waals surface area contributed by atoms with Crippen LogP contribution < -0.4 is 16.2 Å². The molecule has 5 nitrogen and oxygen atoms in total. The SMILES string of the molecule is Cn1cc(NC(=O)C2(C)CCCCN2)ccc1=O. The van der Waals surface area contributed by atoms with E-state index in [2.05, 4.69) is 10.6 Å². The maximum atomic E-state index is 12.2. The number of carbonyl (C=O) groups is 1. The fourth-order valence-electron chi connectivity index (χ4n) is 2.19. The first-order valence-corrected chi connectivity index (χ1v) is 6.24. The first-order valence-electron chi connectivity index (χ1n) is 6.24. The quantitative estimate of drug-likeness (QED) is 0.817. The molecule has 98 valence electrons. The number of aromatic nitrogens is 1. The second-order valence-electron chi connectivity index (χ2n) is 5.04. The van der Waals surface area contributed by atoms with E-state index in [1.165, 1.54) is 10.6 Å². The van der Waals surface area contributed by atoms with Crippen molar-refractivity contribution in [2.75, 3.05) is 11.9 Å². The smallest absolute Gasteiger partial charge is 0.250 e. The summed E-state index contributed by atoms with van der Waals surface area (Å²) in [6.07, 6.45) is 4.64. The Kier molecular flexibility index (Phi) is 3.52. The minimum absolute atomic E-state index is 0.0409. The summed E-state index contributed by atoms with van der Waals surface area (Å²) in [6, 6.07) is 3.08. The summed E-state index contributed by atoms with van der Waals surface area (Å²) in [5.41, 5.74) is 0.0538. The van der Waals surface area contributed by atoms with Crippen molar-refractivity contribution in [2.45, 2.75) is 31.7 Å². The Morgan fingerprint density at radius 3 is 2.83 bits per heavy atom. The van der Waals surface area contributed by atoms with Crippen LogP contribution in [0.5, 0.6) is 0 Å². The lowest BCUT2D eigenvalue weighted by Gasteiger charge is -2.33. The van der Waals surface area contributed by atoms with Gasteiger partial charge in [-0.3, -0.25) is 9.59 Å². The van der Waals surface area contributed by atoms with Gasteiger partial charge >= 0.3 is 0 Å². The molecule has 1 aliphatic heterocycles. The van der Waals surface area contributed by atoms with Gasteiger partial charge in [0.15, 0.2) is 0 Å². The number of anilines is 1. The van der Waals surface area contributed by atoms with Crippen LogP contribution in [0, 0.1) is 0 Å². The fourth-order valence-corrected chi connectivity index (χ4v) is 2.19. The van der Waals surface area contributed by atoms with Crippen molar-refractivity contribution in [3.05, 3.63) is 28.7 Å². The molecule has 0 aromatic carbocycles. The van der Waals surface area contributed by atoms with E-state index in [9.17, 15) is 9.59 Å². The zero-order valence-corrected chi connectivity index (χ0v) is 10.8. The summed E-state index contributed by atoms with van der Waals surface area (Å²) in [4.78, 5) is 23.5. The van der Waals surface area contributed by atoms with Gasteiger partial charge in [-0.05, 0) is 38.8 Å². The average Bonchev–Trinajstić information content (AvgIpc) is 2.35. The van der Waals surface area contributed by atoms with Gasteiger partial charge in [0, 0.05) is 19.3 Å². The van der Waals surface area contributed by atoms with E-state index in [1.807, 2.05) is 6.92 Å². The summed E-state index contributed by atoms with van der Waals surface area (Å²) < 4.78 is 1.45. The molecule has 0 bridgehead atoms. The van der Waals surface area contributed by atoms with Crippen molar-refractivity contribution >= 4 is 11.6 Å². The van der Waals surface area contributed by atoms with Crippen LogP contribution in [0.3, 0.4) is 0 Å². The number of amides is 1. The molecule has 1 fully saturated rings. The van der Waals surface area contributed by atoms with E-state index in [0.29, 0.717) is 5.69 Å². The normalized spacial score (nSPS) is 23.7. The third kappa shape index (κ3) is 2.61. The predicted molar refractivity (Wildman–Crippen MR) is 70.6 cm³/mol. The van der Waals surface area contributed by atoms with Crippen molar-refractivity contribution in [1.29, 1.82) is 0 Å². The van der Waals surface area contributed by atoms with Crippen molar-refractivity contribution in [3.63, 3.8) is 0 Å². The van der Waals surface area contributed by atoms with Gasteiger partial charge in [0.05, 0.1) is 11.2 Å². The zero-order chi connectivity index (χ0) is 13.2. The Morgan fingerprint density at radius 1 is 1.44 bits per heavy atom. The van der Waals surface area contributed by atoms with Gasteiger partial charge in [0.2, 0.25) is 11.5 Å². The molecule has 2 heterocycles. The molecule has 0 spiro atoms. The molecule has 1 aromatic rings. The summed E-state index contributed by atoms with van der Waals surface area (Å²) in [7, 11) is 1.67. The summed E-state index contributed by atoms with van der Waals surface area (Å²) in [6.45, 7) is 2.79. The summed E-state index contributed by atoms with van der Waals surface area (Å²) in [5, 5.41) is 6.12. The molecule has 1 amide bonds. The van der Waals surface area contributed by atoms with E-state index in [1.54, 1.807) is 19.3 Å². The van der Waals surface area contributed by atoms with Crippen molar-refractivity contribution in [2.24, 2.45) is 7.05 Å². The van der Waals surface area contributed by atoms with Crippen LogP contribution in [0.25, 0.3) is 0 Å². The molecule has 18 heavy (non-hydrogen) atoms. The Balaban J connectivity index is 2.10. The van der Waals surface area contributed by atoms with Gasteiger partial charge in [0.1, 0.15) is 0 Å². The van der Waals surface area contributed by atoms with Crippen molar-refractivity contribution < 1.29 is 4.79 Å². The van der Waals surface area contributed by atoms with Crippen molar-refractivity contribution in [1.82, 2.24) is 9.88 Å². The highest BCUT2D eigenvalue weighted by Gasteiger charge is 2.34. The van der Waals surface area contributed by atoms with E-state index in [-0.39, 0.29) is 11.5 Å². The molecule has 1 unspecified atom stereocenters. The number of piperidine rings is 1. The summed E-state index contributed by atoms with van der Waals surface area (Å²) in [5.74, 6) is -0.0409. The number of nitrogens with one attached hydrogen (secondary N) is 2. The zero-order valence-electron chi connectivity index (χ0n) is 10.8.